The Morgan fingerprint density at radius 2 is 2.19 bits per heavy atom. The zero-order valence-electron chi connectivity index (χ0n) is 12.2. The second-order valence-corrected chi connectivity index (χ2v) is 5.39. The van der Waals surface area contributed by atoms with Crippen molar-refractivity contribution < 1.29 is 14.7 Å². The van der Waals surface area contributed by atoms with Gasteiger partial charge >= 0.3 is 0 Å². The van der Waals surface area contributed by atoms with Crippen LogP contribution in [0.25, 0.3) is 0 Å². The lowest BCUT2D eigenvalue weighted by molar-refractivity contribution is -0.123. The zero-order valence-corrected chi connectivity index (χ0v) is 12.2. The number of hydrogen-bond acceptors (Lipinski definition) is 4. The van der Waals surface area contributed by atoms with E-state index in [4.69, 9.17) is 0 Å². The highest BCUT2D eigenvalue weighted by Gasteiger charge is 2.28. The molecule has 3 atom stereocenters. The van der Waals surface area contributed by atoms with Gasteiger partial charge in [0, 0.05) is 19.2 Å². The number of aliphatic hydroxyl groups excluding tert-OH is 1. The Hall–Kier alpha value is -1.92. The summed E-state index contributed by atoms with van der Waals surface area (Å²) in [6.45, 7) is 3.79. The molecule has 2 amide bonds. The third-order valence-electron chi connectivity index (χ3n) is 3.49. The van der Waals surface area contributed by atoms with Crippen LogP contribution in [0.4, 0.5) is 5.69 Å². The molecule has 0 spiro atoms. The number of carbonyl (C=O) groups is 2. The van der Waals surface area contributed by atoms with Gasteiger partial charge in [0.2, 0.25) is 11.8 Å². The third-order valence-corrected chi connectivity index (χ3v) is 3.49. The molecule has 1 aromatic rings. The van der Waals surface area contributed by atoms with E-state index in [-0.39, 0.29) is 23.9 Å². The van der Waals surface area contributed by atoms with E-state index in [1.807, 2.05) is 25.1 Å². The molecule has 6 nitrogen and oxygen atoms in total. The summed E-state index contributed by atoms with van der Waals surface area (Å²) in [4.78, 5) is 23.1. The maximum Gasteiger partial charge on any atom is 0.237 e. The molecule has 0 radical (unpaired) electrons. The summed E-state index contributed by atoms with van der Waals surface area (Å²) < 4.78 is 0. The fraction of sp³-hybridized carbons (Fsp3) is 0.467. The lowest BCUT2D eigenvalue weighted by Crippen LogP contribution is -2.41. The molecule has 1 aromatic carbocycles. The smallest absolute Gasteiger partial charge is 0.237 e. The first kappa shape index (κ1) is 15.5. The molecule has 0 aliphatic carbocycles. The molecule has 2 rings (SSSR count). The second kappa shape index (κ2) is 6.69. The maximum absolute atomic E-state index is 12.1. The first-order valence-corrected chi connectivity index (χ1v) is 7.05. The summed E-state index contributed by atoms with van der Waals surface area (Å²) >= 11 is 0. The molecular weight excluding hydrogens is 270 g/mol. The number of rotatable bonds is 4. The Morgan fingerprint density at radius 3 is 2.81 bits per heavy atom. The summed E-state index contributed by atoms with van der Waals surface area (Å²) in [6.07, 6.45) is -0.0241. The Labute approximate surface area is 123 Å². The van der Waals surface area contributed by atoms with Gasteiger partial charge in [0.1, 0.15) is 0 Å². The van der Waals surface area contributed by atoms with Crippen molar-refractivity contribution in [2.24, 2.45) is 0 Å². The van der Waals surface area contributed by atoms with Crippen molar-refractivity contribution in [1.29, 1.82) is 0 Å². The second-order valence-electron chi connectivity index (χ2n) is 5.39. The Morgan fingerprint density at radius 1 is 1.43 bits per heavy atom. The SMILES string of the molecule is CC(=O)Nc1cccc(C(C)NC(=O)C2CC(O)CN2)c1. The molecule has 114 valence electrons. The summed E-state index contributed by atoms with van der Waals surface area (Å²) in [7, 11) is 0. The fourth-order valence-electron chi connectivity index (χ4n) is 2.40. The number of hydrogen-bond donors (Lipinski definition) is 4. The molecule has 0 saturated carbocycles. The van der Waals surface area contributed by atoms with Gasteiger partial charge in [-0.15, -0.1) is 0 Å². The predicted molar refractivity (Wildman–Crippen MR) is 79.7 cm³/mol. The van der Waals surface area contributed by atoms with Gasteiger partial charge in [-0.25, -0.2) is 0 Å². The first-order chi connectivity index (χ1) is 9.95. The van der Waals surface area contributed by atoms with E-state index in [2.05, 4.69) is 16.0 Å². The van der Waals surface area contributed by atoms with Crippen LogP contribution in [0.15, 0.2) is 24.3 Å². The van der Waals surface area contributed by atoms with Crippen LogP contribution in [-0.2, 0) is 9.59 Å². The van der Waals surface area contributed by atoms with Crippen LogP contribution in [0, 0.1) is 0 Å². The summed E-state index contributed by atoms with van der Waals surface area (Å²) in [5, 5.41) is 18.0. The van der Waals surface area contributed by atoms with Crippen LogP contribution in [-0.4, -0.2) is 35.6 Å². The van der Waals surface area contributed by atoms with Crippen LogP contribution >= 0.6 is 0 Å². The molecule has 1 saturated heterocycles. The number of benzene rings is 1. The van der Waals surface area contributed by atoms with Crippen molar-refractivity contribution in [1.82, 2.24) is 10.6 Å². The molecule has 1 aliphatic rings. The summed E-state index contributed by atoms with van der Waals surface area (Å²) in [5.41, 5.74) is 1.61. The van der Waals surface area contributed by atoms with Crippen LogP contribution < -0.4 is 16.0 Å². The molecular formula is C15H21N3O3. The van der Waals surface area contributed by atoms with E-state index >= 15 is 0 Å². The van der Waals surface area contributed by atoms with E-state index in [0.717, 1.165) is 5.56 Å². The van der Waals surface area contributed by atoms with Crippen molar-refractivity contribution in [3.05, 3.63) is 29.8 Å². The normalized spacial score (nSPS) is 22.6. The van der Waals surface area contributed by atoms with Crippen molar-refractivity contribution >= 4 is 17.5 Å². The average Bonchev–Trinajstić information content (AvgIpc) is 2.85. The summed E-state index contributed by atoms with van der Waals surface area (Å²) in [6, 6.07) is 6.85. The lowest BCUT2D eigenvalue weighted by Gasteiger charge is -2.18. The highest BCUT2D eigenvalue weighted by molar-refractivity contribution is 5.88. The first-order valence-electron chi connectivity index (χ1n) is 7.05. The molecule has 1 aliphatic heterocycles. The molecule has 1 heterocycles. The predicted octanol–water partition coefficient (Wildman–Crippen LogP) is 0.545. The quantitative estimate of drug-likeness (QED) is 0.652. The molecule has 1 fully saturated rings. The van der Waals surface area contributed by atoms with Crippen LogP contribution in [0.1, 0.15) is 31.9 Å². The van der Waals surface area contributed by atoms with Crippen molar-refractivity contribution in [3.8, 4) is 0 Å². The van der Waals surface area contributed by atoms with E-state index < -0.39 is 6.10 Å². The molecule has 0 bridgehead atoms. The highest BCUT2D eigenvalue weighted by atomic mass is 16.3. The van der Waals surface area contributed by atoms with E-state index in [0.29, 0.717) is 18.7 Å². The van der Waals surface area contributed by atoms with Gasteiger partial charge in [-0.05, 0) is 31.0 Å². The fourth-order valence-corrected chi connectivity index (χ4v) is 2.40. The van der Waals surface area contributed by atoms with Gasteiger partial charge < -0.3 is 21.1 Å². The van der Waals surface area contributed by atoms with Crippen molar-refractivity contribution in [3.63, 3.8) is 0 Å². The number of aliphatic hydroxyl groups is 1. The van der Waals surface area contributed by atoms with Gasteiger partial charge in [0.05, 0.1) is 18.2 Å². The lowest BCUT2D eigenvalue weighted by atomic mass is 10.1. The molecule has 0 aromatic heterocycles. The number of anilines is 1. The van der Waals surface area contributed by atoms with Crippen molar-refractivity contribution in [2.45, 2.75) is 38.5 Å². The molecule has 3 unspecified atom stereocenters. The van der Waals surface area contributed by atoms with Gasteiger partial charge in [-0.1, -0.05) is 12.1 Å². The minimum atomic E-state index is -0.459. The van der Waals surface area contributed by atoms with Gasteiger partial charge in [0.15, 0.2) is 0 Å². The monoisotopic (exact) mass is 291 g/mol. The standard InChI is InChI=1S/C15H21N3O3/c1-9(17-15(21)14-7-13(20)8-16-14)11-4-3-5-12(6-11)18-10(2)19/h3-6,9,13-14,16,20H,7-8H2,1-2H3,(H,17,21)(H,18,19). The minimum absolute atomic E-state index is 0.121. The Kier molecular flexibility index (Phi) is 4.93. The van der Waals surface area contributed by atoms with Crippen LogP contribution in [0.2, 0.25) is 0 Å². The van der Waals surface area contributed by atoms with Crippen LogP contribution in [0.3, 0.4) is 0 Å². The molecule has 4 N–H and O–H groups in total. The molecule has 21 heavy (non-hydrogen) atoms. The number of carbonyl (C=O) groups excluding carboxylic acids is 2. The topological polar surface area (TPSA) is 90.5 Å². The zero-order chi connectivity index (χ0) is 15.4. The Bertz CT molecular complexity index is 533. The number of nitrogens with one attached hydrogen (secondary N) is 3. The molecule has 6 heteroatoms. The van der Waals surface area contributed by atoms with E-state index in [1.54, 1.807) is 6.07 Å². The van der Waals surface area contributed by atoms with Gasteiger partial charge in [-0.2, -0.15) is 0 Å². The van der Waals surface area contributed by atoms with E-state index in [1.165, 1.54) is 6.92 Å². The van der Waals surface area contributed by atoms with Crippen molar-refractivity contribution in [2.75, 3.05) is 11.9 Å². The average molecular weight is 291 g/mol. The summed E-state index contributed by atoms with van der Waals surface area (Å²) in [5.74, 6) is -0.253. The third kappa shape index (κ3) is 4.27. The van der Waals surface area contributed by atoms with Gasteiger partial charge in [-0.3, -0.25) is 9.59 Å². The Balaban J connectivity index is 1.98. The van der Waals surface area contributed by atoms with Crippen LogP contribution in [0.5, 0.6) is 0 Å². The maximum atomic E-state index is 12.1. The minimum Gasteiger partial charge on any atom is -0.392 e. The number of amides is 2. The number of β-amino-alcohol motifs (C(OH)–C–C–N with tert-alkyl or cyclic N) is 1. The largest absolute Gasteiger partial charge is 0.392 e. The van der Waals surface area contributed by atoms with E-state index in [9.17, 15) is 14.7 Å². The highest BCUT2D eigenvalue weighted by Crippen LogP contribution is 2.18. The van der Waals surface area contributed by atoms with Gasteiger partial charge in [0.25, 0.3) is 0 Å².